The number of para-hydroxylation sites is 1. The summed E-state index contributed by atoms with van der Waals surface area (Å²) < 4.78 is 21.8. The van der Waals surface area contributed by atoms with E-state index in [0.29, 0.717) is 35.9 Å². The molecule has 7 nitrogen and oxygen atoms in total. The highest BCUT2D eigenvalue weighted by Gasteiger charge is 2.15. The van der Waals surface area contributed by atoms with Crippen molar-refractivity contribution in [2.45, 2.75) is 6.42 Å². The minimum Gasteiger partial charge on any atom is -0.493 e. The predicted octanol–water partition coefficient (Wildman–Crippen LogP) is 4.97. The average Bonchev–Trinajstić information content (AvgIpc) is 2.83. The van der Waals surface area contributed by atoms with E-state index >= 15 is 0 Å². The molecule has 3 aromatic carbocycles. The summed E-state index contributed by atoms with van der Waals surface area (Å²) in [5.74, 6) is 2.88. The molecular formula is C25H28N2O5. The monoisotopic (exact) mass is 436 g/mol. The van der Waals surface area contributed by atoms with Crippen LogP contribution >= 0.6 is 0 Å². The molecule has 1 N–H and O–H groups in total. The first kappa shape index (κ1) is 22.8. The molecule has 1 amide bonds. The van der Waals surface area contributed by atoms with Crippen LogP contribution in [0.25, 0.3) is 0 Å². The smallest absolute Gasteiger partial charge is 0.226 e. The summed E-state index contributed by atoms with van der Waals surface area (Å²) >= 11 is 0. The first-order valence-corrected chi connectivity index (χ1v) is 10.2. The van der Waals surface area contributed by atoms with Crippen LogP contribution in [0.1, 0.15) is 6.42 Å². The van der Waals surface area contributed by atoms with E-state index in [0.717, 1.165) is 17.2 Å². The molecule has 0 aliphatic carbocycles. The van der Waals surface area contributed by atoms with Gasteiger partial charge >= 0.3 is 0 Å². The lowest BCUT2D eigenvalue weighted by Crippen LogP contribution is -2.23. The van der Waals surface area contributed by atoms with Gasteiger partial charge in [0.25, 0.3) is 0 Å². The summed E-state index contributed by atoms with van der Waals surface area (Å²) in [4.78, 5) is 14.5. The lowest BCUT2D eigenvalue weighted by molar-refractivity contribution is -0.116. The first-order chi connectivity index (χ1) is 15.5. The molecule has 3 aromatic rings. The van der Waals surface area contributed by atoms with Gasteiger partial charge in [-0.15, -0.1) is 0 Å². The largest absolute Gasteiger partial charge is 0.493 e. The van der Waals surface area contributed by atoms with Gasteiger partial charge in [-0.3, -0.25) is 4.79 Å². The zero-order valence-electron chi connectivity index (χ0n) is 18.8. The van der Waals surface area contributed by atoms with Crippen molar-refractivity contribution in [3.05, 3.63) is 66.7 Å². The molecule has 0 heterocycles. The van der Waals surface area contributed by atoms with Gasteiger partial charge in [-0.2, -0.15) is 0 Å². The van der Waals surface area contributed by atoms with E-state index in [9.17, 15) is 4.79 Å². The van der Waals surface area contributed by atoms with Crippen LogP contribution in [0.3, 0.4) is 0 Å². The molecule has 0 fully saturated rings. The van der Waals surface area contributed by atoms with Gasteiger partial charge in [-0.1, -0.05) is 18.2 Å². The SMILES string of the molecule is COc1cc(NC(=O)CCN(C)c2ccc(Oc3ccccc3)cc2)cc(OC)c1OC. The quantitative estimate of drug-likeness (QED) is 0.484. The molecule has 0 saturated carbocycles. The Morgan fingerprint density at radius 3 is 2.00 bits per heavy atom. The van der Waals surface area contributed by atoms with Crippen LogP contribution in [0, 0.1) is 0 Å². The molecule has 0 radical (unpaired) electrons. The second-order valence-electron chi connectivity index (χ2n) is 7.04. The van der Waals surface area contributed by atoms with Gasteiger partial charge in [0.1, 0.15) is 11.5 Å². The first-order valence-electron chi connectivity index (χ1n) is 10.2. The van der Waals surface area contributed by atoms with Gasteiger partial charge in [0.15, 0.2) is 11.5 Å². The number of benzene rings is 3. The van der Waals surface area contributed by atoms with Crippen molar-refractivity contribution in [1.82, 2.24) is 0 Å². The molecule has 0 unspecified atom stereocenters. The Hall–Kier alpha value is -3.87. The number of carbonyl (C=O) groups is 1. The van der Waals surface area contributed by atoms with Crippen LogP contribution < -0.4 is 29.2 Å². The fourth-order valence-electron chi connectivity index (χ4n) is 3.17. The second-order valence-corrected chi connectivity index (χ2v) is 7.04. The van der Waals surface area contributed by atoms with Gasteiger partial charge < -0.3 is 29.2 Å². The van der Waals surface area contributed by atoms with Crippen LogP contribution in [0.5, 0.6) is 28.7 Å². The summed E-state index contributed by atoms with van der Waals surface area (Å²) in [6, 6.07) is 20.8. The number of ether oxygens (including phenoxy) is 4. The topological polar surface area (TPSA) is 69.3 Å². The van der Waals surface area contributed by atoms with Crippen molar-refractivity contribution in [3.8, 4) is 28.7 Å². The van der Waals surface area contributed by atoms with Crippen LogP contribution in [0.4, 0.5) is 11.4 Å². The average molecular weight is 437 g/mol. The van der Waals surface area contributed by atoms with Crippen molar-refractivity contribution in [3.63, 3.8) is 0 Å². The highest BCUT2D eigenvalue weighted by Crippen LogP contribution is 2.40. The zero-order chi connectivity index (χ0) is 22.9. The molecule has 0 aromatic heterocycles. The van der Waals surface area contributed by atoms with Gasteiger partial charge in [0.05, 0.1) is 21.3 Å². The Bertz CT molecular complexity index is 997. The van der Waals surface area contributed by atoms with Crippen LogP contribution in [-0.2, 0) is 4.79 Å². The van der Waals surface area contributed by atoms with Gasteiger partial charge in [-0.05, 0) is 36.4 Å². The van der Waals surface area contributed by atoms with Crippen molar-refractivity contribution < 1.29 is 23.7 Å². The fraction of sp³-hybridized carbons (Fsp3) is 0.240. The molecule has 168 valence electrons. The van der Waals surface area contributed by atoms with E-state index < -0.39 is 0 Å². The normalized spacial score (nSPS) is 10.2. The number of anilines is 2. The van der Waals surface area contributed by atoms with Gasteiger partial charge in [-0.25, -0.2) is 0 Å². The molecule has 0 atom stereocenters. The summed E-state index contributed by atoms with van der Waals surface area (Å²) in [6.45, 7) is 0.551. The van der Waals surface area contributed by atoms with Gasteiger partial charge in [0.2, 0.25) is 11.7 Å². The molecule has 3 rings (SSSR count). The van der Waals surface area contributed by atoms with Crippen molar-refractivity contribution in [1.29, 1.82) is 0 Å². The second kappa shape index (κ2) is 10.9. The van der Waals surface area contributed by atoms with E-state index in [1.807, 2.05) is 66.5 Å². The van der Waals surface area contributed by atoms with Crippen LogP contribution in [0.15, 0.2) is 66.7 Å². The van der Waals surface area contributed by atoms with Crippen molar-refractivity contribution in [2.24, 2.45) is 0 Å². The standard InChI is InChI=1S/C25H28N2O5/c1-27(19-10-12-21(13-11-19)32-20-8-6-5-7-9-20)15-14-24(28)26-18-16-22(29-2)25(31-4)23(17-18)30-3/h5-13,16-17H,14-15H2,1-4H3,(H,26,28). The summed E-state index contributed by atoms with van der Waals surface area (Å²) in [5, 5.41) is 2.88. The van der Waals surface area contributed by atoms with E-state index in [1.54, 1.807) is 12.1 Å². The molecule has 0 saturated heterocycles. The molecular weight excluding hydrogens is 408 g/mol. The maximum atomic E-state index is 12.5. The third kappa shape index (κ3) is 5.85. The van der Waals surface area contributed by atoms with Crippen molar-refractivity contribution >= 4 is 17.3 Å². The number of nitrogens with one attached hydrogen (secondary N) is 1. The molecule has 32 heavy (non-hydrogen) atoms. The zero-order valence-corrected chi connectivity index (χ0v) is 18.8. The number of rotatable bonds is 10. The molecule has 0 bridgehead atoms. The lowest BCUT2D eigenvalue weighted by Gasteiger charge is -2.20. The highest BCUT2D eigenvalue weighted by molar-refractivity contribution is 5.91. The third-order valence-corrected chi connectivity index (χ3v) is 4.88. The van der Waals surface area contributed by atoms with Gasteiger partial charge in [0, 0.05) is 43.5 Å². The van der Waals surface area contributed by atoms with E-state index in [4.69, 9.17) is 18.9 Å². The number of carbonyl (C=O) groups excluding carboxylic acids is 1. The molecule has 0 spiro atoms. The Morgan fingerprint density at radius 1 is 0.844 bits per heavy atom. The minimum atomic E-state index is -0.116. The number of amides is 1. The number of methoxy groups -OCH3 is 3. The summed E-state index contributed by atoms with van der Waals surface area (Å²) in [5.41, 5.74) is 1.57. The molecule has 7 heteroatoms. The summed E-state index contributed by atoms with van der Waals surface area (Å²) in [6.07, 6.45) is 0.315. The Balaban J connectivity index is 1.55. The molecule has 0 aliphatic heterocycles. The predicted molar refractivity (Wildman–Crippen MR) is 126 cm³/mol. The summed E-state index contributed by atoms with van der Waals surface area (Å²) in [7, 11) is 6.55. The Morgan fingerprint density at radius 2 is 1.44 bits per heavy atom. The number of hydrogen-bond donors (Lipinski definition) is 1. The Kier molecular flexibility index (Phi) is 7.80. The maximum Gasteiger partial charge on any atom is 0.226 e. The van der Waals surface area contributed by atoms with Crippen LogP contribution in [0.2, 0.25) is 0 Å². The van der Waals surface area contributed by atoms with E-state index in [1.165, 1.54) is 21.3 Å². The number of hydrogen-bond acceptors (Lipinski definition) is 6. The number of nitrogens with zero attached hydrogens (tertiary/aromatic N) is 1. The van der Waals surface area contributed by atoms with E-state index in [-0.39, 0.29) is 5.91 Å². The fourth-order valence-corrected chi connectivity index (χ4v) is 3.17. The molecule has 0 aliphatic rings. The highest BCUT2D eigenvalue weighted by atomic mass is 16.5. The Labute approximate surface area is 188 Å². The van der Waals surface area contributed by atoms with Crippen molar-refractivity contribution in [2.75, 3.05) is 45.1 Å². The third-order valence-electron chi connectivity index (χ3n) is 4.88. The lowest BCUT2D eigenvalue weighted by atomic mass is 10.2. The van der Waals surface area contributed by atoms with Crippen LogP contribution in [-0.4, -0.2) is 40.8 Å². The maximum absolute atomic E-state index is 12.5. The minimum absolute atomic E-state index is 0.116. The van der Waals surface area contributed by atoms with E-state index in [2.05, 4.69) is 5.32 Å².